The maximum atomic E-state index is 11.7. The van der Waals surface area contributed by atoms with E-state index in [1.807, 2.05) is 13.0 Å². The summed E-state index contributed by atoms with van der Waals surface area (Å²) in [5, 5.41) is 9.77. The number of carbonyl (C=O) groups is 1. The van der Waals surface area contributed by atoms with Gasteiger partial charge in [0.1, 0.15) is 0 Å². The Labute approximate surface area is 109 Å². The van der Waals surface area contributed by atoms with Crippen LogP contribution in [0, 0.1) is 5.92 Å². The zero-order chi connectivity index (χ0) is 13.4. The topological polar surface area (TPSA) is 46.5 Å². The second-order valence-corrected chi connectivity index (χ2v) is 4.60. The molecule has 0 saturated heterocycles. The summed E-state index contributed by atoms with van der Waals surface area (Å²) in [4.78, 5) is 11.7. The number of unbranched alkanes of at least 4 members (excludes halogenated alkanes) is 2. The summed E-state index contributed by atoms with van der Waals surface area (Å²) in [6, 6.07) is 8.93. The molecular formula is C14H21BO3. The Bertz CT molecular complexity index is 353. The molecule has 0 aromatic heterocycles. The van der Waals surface area contributed by atoms with Gasteiger partial charge in [-0.25, -0.2) is 0 Å². The summed E-state index contributed by atoms with van der Waals surface area (Å²) < 4.78 is 5.05. The molecule has 1 N–H and O–H groups in total. The second kappa shape index (κ2) is 7.93. The molecule has 3 nitrogen and oxygen atoms in total. The zero-order valence-corrected chi connectivity index (χ0v) is 11.1. The molecule has 18 heavy (non-hydrogen) atoms. The zero-order valence-electron chi connectivity index (χ0n) is 11.1. The van der Waals surface area contributed by atoms with Crippen molar-refractivity contribution in [3.05, 3.63) is 30.3 Å². The van der Waals surface area contributed by atoms with E-state index in [0.717, 1.165) is 25.7 Å². The predicted molar refractivity (Wildman–Crippen MR) is 73.4 cm³/mol. The van der Waals surface area contributed by atoms with Gasteiger partial charge in [0.05, 0.1) is 5.92 Å². The van der Waals surface area contributed by atoms with Crippen LogP contribution in [0.4, 0.5) is 0 Å². The largest absolute Gasteiger partial charge is 0.561 e. The minimum Gasteiger partial charge on any atom is -0.506 e. The first-order valence-electron chi connectivity index (χ1n) is 6.58. The molecule has 1 aromatic carbocycles. The molecule has 1 rings (SSSR count). The lowest BCUT2D eigenvalue weighted by Crippen LogP contribution is -2.37. The van der Waals surface area contributed by atoms with Crippen molar-refractivity contribution in [3.8, 4) is 0 Å². The monoisotopic (exact) mass is 248 g/mol. The Morgan fingerprint density at radius 3 is 2.61 bits per heavy atom. The molecular weight excluding hydrogens is 227 g/mol. The van der Waals surface area contributed by atoms with E-state index in [4.69, 9.17) is 4.65 Å². The molecule has 0 aliphatic rings. The summed E-state index contributed by atoms with van der Waals surface area (Å²) in [5.41, 5.74) is 0.603. The number of rotatable bonds is 7. The maximum absolute atomic E-state index is 11.7. The third-order valence-corrected chi connectivity index (χ3v) is 2.96. The van der Waals surface area contributed by atoms with E-state index in [0.29, 0.717) is 5.46 Å². The number of benzene rings is 1. The van der Waals surface area contributed by atoms with Crippen LogP contribution in [0.1, 0.15) is 39.5 Å². The van der Waals surface area contributed by atoms with Gasteiger partial charge in [-0.3, -0.25) is 4.79 Å². The van der Waals surface area contributed by atoms with Crippen molar-refractivity contribution in [2.24, 2.45) is 5.92 Å². The van der Waals surface area contributed by atoms with Gasteiger partial charge < -0.3 is 9.68 Å². The summed E-state index contributed by atoms with van der Waals surface area (Å²) in [7, 11) is -1.16. The molecule has 0 aliphatic heterocycles. The number of carbonyl (C=O) groups excluding carboxylic acids is 1. The lowest BCUT2D eigenvalue weighted by molar-refractivity contribution is -0.139. The van der Waals surface area contributed by atoms with Crippen molar-refractivity contribution >= 4 is 18.6 Å². The normalized spacial score (nSPS) is 11.9. The summed E-state index contributed by atoms with van der Waals surface area (Å²) in [6.07, 6.45) is 4.09. The van der Waals surface area contributed by atoms with Gasteiger partial charge in [-0.2, -0.15) is 0 Å². The Morgan fingerprint density at radius 2 is 2.00 bits per heavy atom. The molecule has 1 aromatic rings. The summed E-state index contributed by atoms with van der Waals surface area (Å²) >= 11 is 0. The molecule has 0 saturated carbocycles. The van der Waals surface area contributed by atoms with Crippen molar-refractivity contribution in [2.45, 2.75) is 39.5 Å². The quantitative estimate of drug-likeness (QED) is 0.594. The molecule has 98 valence electrons. The fourth-order valence-corrected chi connectivity index (χ4v) is 1.73. The van der Waals surface area contributed by atoms with Crippen LogP contribution in [0.3, 0.4) is 0 Å². The van der Waals surface area contributed by atoms with E-state index in [2.05, 4.69) is 6.92 Å². The maximum Gasteiger partial charge on any atom is 0.561 e. The SMILES string of the molecule is CCCCCC(C)C(=O)OB(O)c1ccccc1. The Kier molecular flexibility index (Phi) is 6.51. The average Bonchev–Trinajstić information content (AvgIpc) is 2.39. The smallest absolute Gasteiger partial charge is 0.506 e. The van der Waals surface area contributed by atoms with Gasteiger partial charge in [-0.05, 0) is 11.9 Å². The van der Waals surface area contributed by atoms with Crippen molar-refractivity contribution in [2.75, 3.05) is 0 Å². The highest BCUT2D eigenvalue weighted by Crippen LogP contribution is 2.11. The van der Waals surface area contributed by atoms with Crippen LogP contribution in [0.2, 0.25) is 0 Å². The van der Waals surface area contributed by atoms with Crippen LogP contribution in [0.25, 0.3) is 0 Å². The molecule has 0 heterocycles. The number of hydrogen-bond acceptors (Lipinski definition) is 3. The highest BCUT2D eigenvalue weighted by Gasteiger charge is 2.24. The van der Waals surface area contributed by atoms with Crippen LogP contribution < -0.4 is 5.46 Å². The van der Waals surface area contributed by atoms with Crippen molar-refractivity contribution in [3.63, 3.8) is 0 Å². The molecule has 1 unspecified atom stereocenters. The first-order chi connectivity index (χ1) is 8.65. The van der Waals surface area contributed by atoms with Gasteiger partial charge >= 0.3 is 7.12 Å². The number of hydrogen-bond donors (Lipinski definition) is 1. The first kappa shape index (κ1) is 14.8. The highest BCUT2D eigenvalue weighted by atomic mass is 16.6. The van der Waals surface area contributed by atoms with Gasteiger partial charge in [0, 0.05) is 0 Å². The van der Waals surface area contributed by atoms with E-state index in [1.54, 1.807) is 24.3 Å². The van der Waals surface area contributed by atoms with E-state index < -0.39 is 7.12 Å². The third kappa shape index (κ3) is 4.92. The van der Waals surface area contributed by atoms with E-state index in [9.17, 15) is 9.82 Å². The van der Waals surface area contributed by atoms with Gasteiger partial charge in [0.15, 0.2) is 0 Å². The van der Waals surface area contributed by atoms with Gasteiger partial charge in [0.2, 0.25) is 0 Å². The highest BCUT2D eigenvalue weighted by molar-refractivity contribution is 6.61. The van der Waals surface area contributed by atoms with E-state index >= 15 is 0 Å². The molecule has 0 aliphatic carbocycles. The lowest BCUT2D eigenvalue weighted by atomic mass is 9.79. The average molecular weight is 248 g/mol. The van der Waals surface area contributed by atoms with Crippen LogP contribution in [0.5, 0.6) is 0 Å². The minimum absolute atomic E-state index is 0.157. The van der Waals surface area contributed by atoms with E-state index in [1.165, 1.54) is 0 Å². The molecule has 0 radical (unpaired) electrons. The van der Waals surface area contributed by atoms with Gasteiger partial charge in [-0.15, -0.1) is 0 Å². The van der Waals surface area contributed by atoms with Crippen LogP contribution >= 0.6 is 0 Å². The van der Waals surface area contributed by atoms with Crippen LogP contribution in [-0.4, -0.2) is 18.1 Å². The molecule has 0 bridgehead atoms. The standard InChI is InChI=1S/C14H21BO3/c1-3-4-6-9-12(2)14(16)18-15(17)13-10-7-5-8-11-13/h5,7-8,10-12,17H,3-4,6,9H2,1-2H3. The fourth-order valence-electron chi connectivity index (χ4n) is 1.73. The van der Waals surface area contributed by atoms with Gasteiger partial charge in [0.25, 0.3) is 5.97 Å². The molecule has 1 atom stereocenters. The van der Waals surface area contributed by atoms with Crippen LogP contribution in [-0.2, 0) is 9.45 Å². The Hall–Kier alpha value is -1.29. The van der Waals surface area contributed by atoms with Crippen LogP contribution in [0.15, 0.2) is 30.3 Å². The minimum atomic E-state index is -1.16. The predicted octanol–water partition coefficient (Wildman–Crippen LogP) is 2.13. The summed E-state index contributed by atoms with van der Waals surface area (Å²) in [5.74, 6) is -0.489. The van der Waals surface area contributed by atoms with Gasteiger partial charge in [-0.1, -0.05) is 63.4 Å². The second-order valence-electron chi connectivity index (χ2n) is 4.60. The summed E-state index contributed by atoms with van der Waals surface area (Å²) in [6.45, 7) is 3.97. The Balaban J connectivity index is 2.39. The first-order valence-corrected chi connectivity index (χ1v) is 6.58. The molecule has 0 amide bonds. The lowest BCUT2D eigenvalue weighted by Gasteiger charge is -2.13. The van der Waals surface area contributed by atoms with Crippen molar-refractivity contribution in [1.29, 1.82) is 0 Å². The molecule has 4 heteroatoms. The Morgan fingerprint density at radius 1 is 1.33 bits per heavy atom. The molecule has 0 spiro atoms. The molecule has 0 fully saturated rings. The fraction of sp³-hybridized carbons (Fsp3) is 0.500. The van der Waals surface area contributed by atoms with E-state index in [-0.39, 0.29) is 11.9 Å². The van der Waals surface area contributed by atoms with Crippen molar-refractivity contribution < 1.29 is 14.5 Å². The van der Waals surface area contributed by atoms with Crippen molar-refractivity contribution in [1.82, 2.24) is 0 Å². The third-order valence-electron chi connectivity index (χ3n) is 2.96.